The average molecular weight is 506 g/mol. The van der Waals surface area contributed by atoms with Crippen molar-refractivity contribution < 1.29 is 4.79 Å². The second-order valence-electron chi connectivity index (χ2n) is 8.92. The zero-order valence-corrected chi connectivity index (χ0v) is 20.9. The van der Waals surface area contributed by atoms with Gasteiger partial charge in [-0.15, -0.1) is 0 Å². The van der Waals surface area contributed by atoms with E-state index in [1.807, 2.05) is 51.9 Å². The van der Waals surface area contributed by atoms with E-state index in [1.54, 1.807) is 17.8 Å². The number of nitrogens with zero attached hydrogens (tertiary/aromatic N) is 3. The van der Waals surface area contributed by atoms with Crippen LogP contribution in [-0.2, 0) is 11.3 Å². The number of hydrogen-bond donors (Lipinski definition) is 0. The van der Waals surface area contributed by atoms with Crippen molar-refractivity contribution in [2.75, 3.05) is 23.7 Å². The number of para-hydroxylation sites is 2. The number of carbonyl (C=O) groups excluding carboxylic acids is 1. The van der Waals surface area contributed by atoms with Gasteiger partial charge in [-0.05, 0) is 42.7 Å². The molecular formula is C26H23N3O2S3. The summed E-state index contributed by atoms with van der Waals surface area (Å²) in [5, 5.41) is 0. The average Bonchev–Trinajstić information content (AvgIpc) is 2.86. The Labute approximate surface area is 212 Å². The molecule has 2 atom stereocenters. The molecular weight excluding hydrogens is 483 g/mol. The smallest absolute Gasteiger partial charge is 0.250 e. The number of pyridine rings is 1. The first kappa shape index (κ1) is 21.9. The molecule has 34 heavy (non-hydrogen) atoms. The Hall–Kier alpha value is -2.55. The van der Waals surface area contributed by atoms with Gasteiger partial charge in [0.25, 0.3) is 5.56 Å². The van der Waals surface area contributed by atoms with Gasteiger partial charge < -0.3 is 9.47 Å². The summed E-state index contributed by atoms with van der Waals surface area (Å²) < 4.78 is 2.70. The summed E-state index contributed by atoms with van der Waals surface area (Å²) in [6.45, 7) is 2.38. The predicted molar refractivity (Wildman–Crippen MR) is 142 cm³/mol. The third-order valence-corrected chi connectivity index (χ3v) is 9.38. The molecule has 8 heteroatoms. The zero-order chi connectivity index (χ0) is 23.2. The second kappa shape index (κ2) is 8.91. The van der Waals surface area contributed by atoms with Crippen molar-refractivity contribution in [3.63, 3.8) is 0 Å². The molecule has 0 spiro atoms. The van der Waals surface area contributed by atoms with Crippen molar-refractivity contribution in [2.45, 2.75) is 28.7 Å². The molecule has 1 fully saturated rings. The molecule has 0 aliphatic carbocycles. The Morgan fingerprint density at radius 2 is 1.65 bits per heavy atom. The van der Waals surface area contributed by atoms with Gasteiger partial charge >= 0.3 is 0 Å². The fraction of sp³-hybridized carbons (Fsp3) is 0.269. The maximum Gasteiger partial charge on any atom is 0.250 e. The molecule has 4 heterocycles. The Kier molecular flexibility index (Phi) is 5.75. The normalized spacial score (nSPS) is 20.2. The number of thiocarbonyl (C=S) groups is 1. The van der Waals surface area contributed by atoms with Crippen LogP contribution in [0.3, 0.4) is 0 Å². The molecule has 1 aromatic heterocycles. The van der Waals surface area contributed by atoms with Gasteiger partial charge in [-0.25, -0.2) is 0 Å². The zero-order valence-electron chi connectivity index (χ0n) is 18.4. The van der Waals surface area contributed by atoms with Gasteiger partial charge in [-0.1, -0.05) is 66.1 Å². The van der Waals surface area contributed by atoms with E-state index in [1.165, 1.54) is 11.8 Å². The molecule has 3 aromatic rings. The lowest BCUT2D eigenvalue weighted by molar-refractivity contribution is -0.115. The van der Waals surface area contributed by atoms with E-state index in [4.69, 9.17) is 12.2 Å². The molecule has 3 aliphatic rings. The molecule has 1 amide bonds. The van der Waals surface area contributed by atoms with Crippen molar-refractivity contribution >= 4 is 57.3 Å². The number of amides is 1. The van der Waals surface area contributed by atoms with Gasteiger partial charge in [0, 0.05) is 47.1 Å². The van der Waals surface area contributed by atoms with Crippen molar-refractivity contribution in [1.29, 1.82) is 0 Å². The summed E-state index contributed by atoms with van der Waals surface area (Å²) in [6, 6.07) is 21.6. The Morgan fingerprint density at radius 1 is 0.941 bits per heavy atom. The van der Waals surface area contributed by atoms with Gasteiger partial charge in [0.05, 0.1) is 17.1 Å². The number of likely N-dealkylation sites (tertiary alicyclic amines) is 1. The highest BCUT2D eigenvalue weighted by Gasteiger charge is 2.36. The molecule has 6 rings (SSSR count). The van der Waals surface area contributed by atoms with Crippen LogP contribution in [0.4, 0.5) is 11.4 Å². The van der Waals surface area contributed by atoms with E-state index in [0.29, 0.717) is 11.8 Å². The van der Waals surface area contributed by atoms with Crippen molar-refractivity contribution in [1.82, 2.24) is 9.47 Å². The summed E-state index contributed by atoms with van der Waals surface area (Å²) in [4.78, 5) is 32.0. The summed E-state index contributed by atoms with van der Waals surface area (Å²) in [6.07, 6.45) is 1.09. The lowest BCUT2D eigenvalue weighted by Crippen LogP contribution is -2.48. The lowest BCUT2D eigenvalue weighted by atomic mass is 9.83. The van der Waals surface area contributed by atoms with Crippen LogP contribution in [0.5, 0.6) is 0 Å². The third-order valence-electron chi connectivity index (χ3n) is 6.74. The predicted octanol–water partition coefficient (Wildman–Crippen LogP) is 5.12. The number of hydrogen-bond acceptors (Lipinski definition) is 5. The SMILES string of the molecule is O=C(CSC(=S)N1C[C@@H]2C[C@H](C1)c1cccc(=O)n1C2)N1c2ccccc2Sc2ccccc21. The molecule has 0 saturated carbocycles. The molecule has 2 aromatic carbocycles. The summed E-state index contributed by atoms with van der Waals surface area (Å²) >= 11 is 8.94. The first-order valence-electron chi connectivity index (χ1n) is 11.4. The summed E-state index contributed by atoms with van der Waals surface area (Å²) in [5.74, 6) is 1.02. The van der Waals surface area contributed by atoms with Crippen molar-refractivity contribution in [3.8, 4) is 0 Å². The topological polar surface area (TPSA) is 45.6 Å². The van der Waals surface area contributed by atoms with Crippen LogP contribution in [0, 0.1) is 5.92 Å². The van der Waals surface area contributed by atoms with E-state index < -0.39 is 0 Å². The van der Waals surface area contributed by atoms with E-state index in [-0.39, 0.29) is 17.2 Å². The van der Waals surface area contributed by atoms with E-state index >= 15 is 0 Å². The highest BCUT2D eigenvalue weighted by atomic mass is 32.2. The number of thioether (sulfide) groups is 1. The van der Waals surface area contributed by atoms with Gasteiger partial charge in [0.2, 0.25) is 5.91 Å². The molecule has 172 valence electrons. The van der Waals surface area contributed by atoms with Gasteiger partial charge in [-0.3, -0.25) is 14.5 Å². The largest absolute Gasteiger partial charge is 0.356 e. The third kappa shape index (κ3) is 3.87. The maximum absolute atomic E-state index is 13.5. The number of piperidine rings is 1. The fourth-order valence-corrected chi connectivity index (χ4v) is 7.39. The lowest BCUT2D eigenvalue weighted by Gasteiger charge is -2.43. The summed E-state index contributed by atoms with van der Waals surface area (Å²) in [7, 11) is 0. The highest BCUT2D eigenvalue weighted by molar-refractivity contribution is 8.23. The number of aromatic nitrogens is 1. The fourth-order valence-electron chi connectivity index (χ4n) is 5.30. The highest BCUT2D eigenvalue weighted by Crippen LogP contribution is 2.48. The van der Waals surface area contributed by atoms with Crippen LogP contribution >= 0.6 is 35.7 Å². The Morgan fingerprint density at radius 3 is 2.38 bits per heavy atom. The van der Waals surface area contributed by atoms with Gasteiger partial charge in [0.1, 0.15) is 4.32 Å². The number of rotatable bonds is 2. The van der Waals surface area contributed by atoms with E-state index in [9.17, 15) is 9.59 Å². The number of anilines is 2. The maximum atomic E-state index is 13.5. The van der Waals surface area contributed by atoms with Crippen LogP contribution in [0.2, 0.25) is 0 Å². The molecule has 3 aliphatic heterocycles. The molecule has 0 N–H and O–H groups in total. The van der Waals surface area contributed by atoms with E-state index in [2.05, 4.69) is 23.1 Å². The van der Waals surface area contributed by atoms with Crippen molar-refractivity contribution in [2.24, 2.45) is 5.92 Å². The molecule has 1 saturated heterocycles. The standard InChI is InChI=1S/C26H23N3O2S3/c30-24-11-5-8-19-18-12-17(14-28(19)24)13-27(15-18)26(32)33-16-25(31)29-20-6-1-3-9-22(20)34-23-10-4-2-7-21(23)29/h1-11,17-18H,12-16H2/t17-,18+/m0/s1. The van der Waals surface area contributed by atoms with Crippen LogP contribution in [0.15, 0.2) is 81.3 Å². The number of fused-ring (bicyclic) bond motifs is 6. The minimum Gasteiger partial charge on any atom is -0.356 e. The molecule has 2 bridgehead atoms. The first-order valence-corrected chi connectivity index (χ1v) is 13.6. The molecule has 0 unspecified atom stereocenters. The monoisotopic (exact) mass is 505 g/mol. The minimum atomic E-state index is 0.0293. The second-order valence-corrected chi connectivity index (χ2v) is 11.6. The van der Waals surface area contributed by atoms with Crippen LogP contribution in [0.1, 0.15) is 18.0 Å². The molecule has 5 nitrogen and oxygen atoms in total. The van der Waals surface area contributed by atoms with Crippen LogP contribution in [0.25, 0.3) is 0 Å². The summed E-state index contributed by atoms with van der Waals surface area (Å²) in [5.41, 5.74) is 3.05. The first-order chi connectivity index (χ1) is 16.6. The molecule has 0 radical (unpaired) electrons. The Balaban J connectivity index is 1.18. The van der Waals surface area contributed by atoms with E-state index in [0.717, 1.165) is 57.2 Å². The van der Waals surface area contributed by atoms with Gasteiger partial charge in [-0.2, -0.15) is 0 Å². The van der Waals surface area contributed by atoms with Crippen molar-refractivity contribution in [3.05, 3.63) is 82.8 Å². The number of benzene rings is 2. The van der Waals surface area contributed by atoms with Crippen LogP contribution < -0.4 is 10.5 Å². The quantitative estimate of drug-likeness (QED) is 0.451. The van der Waals surface area contributed by atoms with Gasteiger partial charge in [0.15, 0.2) is 0 Å². The number of carbonyl (C=O) groups is 1. The minimum absolute atomic E-state index is 0.0293. The van der Waals surface area contributed by atoms with Crippen LogP contribution in [-0.4, -0.2) is 38.5 Å². The Bertz CT molecular complexity index is 1310.